The maximum Gasteiger partial charge on any atom is 0.226 e. The van der Waals surface area contributed by atoms with Crippen LogP contribution in [-0.4, -0.2) is 67.2 Å². The second kappa shape index (κ2) is 9.22. The van der Waals surface area contributed by atoms with Crippen LogP contribution in [0.3, 0.4) is 0 Å². The molecule has 1 aromatic carbocycles. The lowest BCUT2D eigenvalue weighted by Gasteiger charge is -2.39. The molecule has 0 bridgehead atoms. The minimum atomic E-state index is 0.0393. The zero-order chi connectivity index (χ0) is 20.1. The number of nitrogens with zero attached hydrogens (tertiary/aromatic N) is 4. The molecule has 0 unspecified atom stereocenters. The van der Waals surface area contributed by atoms with Gasteiger partial charge in [-0.05, 0) is 43.6 Å². The van der Waals surface area contributed by atoms with E-state index in [-0.39, 0.29) is 11.8 Å². The third kappa shape index (κ3) is 5.03. The van der Waals surface area contributed by atoms with Crippen molar-refractivity contribution in [2.45, 2.75) is 19.3 Å². The molecule has 2 aliphatic rings. The molecule has 7 nitrogen and oxygen atoms in total. The van der Waals surface area contributed by atoms with Crippen molar-refractivity contribution in [2.75, 3.05) is 51.3 Å². The van der Waals surface area contributed by atoms with Gasteiger partial charge in [-0.15, -0.1) is 0 Å². The standard InChI is InChI=1S/C22H29N5O2/c1-29-20-6-4-5-17(12-20)11-19-13-23-14-21(25-19)27-15-18(16-27)22(28)24-7-10-26-8-2-3-9-26/h4-6,12-14,18H,2-3,7-11,15-16H2,1H3,(H,24,28). The van der Waals surface area contributed by atoms with Crippen molar-refractivity contribution < 1.29 is 9.53 Å². The maximum atomic E-state index is 12.3. The van der Waals surface area contributed by atoms with Crippen molar-refractivity contribution in [3.63, 3.8) is 0 Å². The predicted octanol–water partition coefficient (Wildman–Crippen LogP) is 1.72. The van der Waals surface area contributed by atoms with Crippen LogP contribution in [0.4, 0.5) is 5.82 Å². The van der Waals surface area contributed by atoms with E-state index in [1.807, 2.05) is 18.2 Å². The summed E-state index contributed by atoms with van der Waals surface area (Å²) in [6, 6.07) is 7.99. The van der Waals surface area contributed by atoms with Gasteiger partial charge in [-0.25, -0.2) is 4.98 Å². The van der Waals surface area contributed by atoms with E-state index < -0.39 is 0 Å². The number of aromatic nitrogens is 2. The summed E-state index contributed by atoms with van der Waals surface area (Å²) < 4.78 is 5.29. The van der Waals surface area contributed by atoms with E-state index in [1.165, 1.54) is 12.8 Å². The van der Waals surface area contributed by atoms with Crippen molar-refractivity contribution in [1.82, 2.24) is 20.2 Å². The minimum Gasteiger partial charge on any atom is -0.497 e. The highest BCUT2D eigenvalue weighted by atomic mass is 16.5. The van der Waals surface area contributed by atoms with Gasteiger partial charge in [0.2, 0.25) is 5.91 Å². The molecule has 0 radical (unpaired) electrons. The summed E-state index contributed by atoms with van der Waals surface area (Å²) in [6.07, 6.45) is 6.83. The lowest BCUT2D eigenvalue weighted by Crippen LogP contribution is -2.54. The van der Waals surface area contributed by atoms with Crippen molar-refractivity contribution in [3.8, 4) is 5.75 Å². The van der Waals surface area contributed by atoms with Crippen molar-refractivity contribution in [2.24, 2.45) is 5.92 Å². The van der Waals surface area contributed by atoms with Crippen LogP contribution < -0.4 is 15.0 Å². The van der Waals surface area contributed by atoms with Crippen LogP contribution in [0.5, 0.6) is 5.75 Å². The highest BCUT2D eigenvalue weighted by molar-refractivity contribution is 5.81. The van der Waals surface area contributed by atoms with E-state index in [0.717, 1.165) is 49.0 Å². The predicted molar refractivity (Wildman–Crippen MR) is 112 cm³/mol. The van der Waals surface area contributed by atoms with Gasteiger partial charge in [0.1, 0.15) is 11.6 Å². The number of nitrogens with one attached hydrogen (secondary N) is 1. The van der Waals surface area contributed by atoms with Gasteiger partial charge < -0.3 is 19.9 Å². The average Bonchev–Trinajstić information content (AvgIpc) is 3.21. The molecule has 2 fully saturated rings. The van der Waals surface area contributed by atoms with Crippen LogP contribution in [0.15, 0.2) is 36.7 Å². The Bertz CT molecular complexity index is 831. The minimum absolute atomic E-state index is 0.0393. The smallest absolute Gasteiger partial charge is 0.226 e. The highest BCUT2D eigenvalue weighted by Gasteiger charge is 2.33. The highest BCUT2D eigenvalue weighted by Crippen LogP contribution is 2.23. The summed E-state index contributed by atoms with van der Waals surface area (Å²) in [5.41, 5.74) is 2.05. The number of anilines is 1. The fraction of sp³-hybridized carbons (Fsp3) is 0.500. The number of benzene rings is 1. The molecule has 0 saturated carbocycles. The van der Waals surface area contributed by atoms with Gasteiger partial charge in [-0.2, -0.15) is 0 Å². The molecule has 4 rings (SSSR count). The molecule has 2 aromatic rings. The Morgan fingerprint density at radius 3 is 2.86 bits per heavy atom. The van der Waals surface area contributed by atoms with Gasteiger partial charge in [0.25, 0.3) is 0 Å². The normalized spacial score (nSPS) is 17.2. The molecule has 1 aromatic heterocycles. The van der Waals surface area contributed by atoms with Crippen molar-refractivity contribution in [1.29, 1.82) is 0 Å². The number of likely N-dealkylation sites (tertiary alicyclic amines) is 1. The maximum absolute atomic E-state index is 12.3. The first-order valence-electron chi connectivity index (χ1n) is 10.4. The molecule has 2 saturated heterocycles. The van der Waals surface area contributed by atoms with E-state index >= 15 is 0 Å². The molecule has 0 spiro atoms. The van der Waals surface area contributed by atoms with Crippen LogP contribution in [0.1, 0.15) is 24.1 Å². The number of hydrogen-bond donors (Lipinski definition) is 1. The van der Waals surface area contributed by atoms with Crippen LogP contribution in [0.2, 0.25) is 0 Å². The molecule has 3 heterocycles. The van der Waals surface area contributed by atoms with E-state index in [4.69, 9.17) is 9.72 Å². The molecule has 29 heavy (non-hydrogen) atoms. The molecule has 154 valence electrons. The second-order valence-corrected chi connectivity index (χ2v) is 7.84. The molecule has 0 aliphatic carbocycles. The number of hydrogen-bond acceptors (Lipinski definition) is 6. The van der Waals surface area contributed by atoms with Crippen molar-refractivity contribution >= 4 is 11.7 Å². The molecule has 1 amide bonds. The number of amides is 1. The lowest BCUT2D eigenvalue weighted by atomic mass is 9.99. The summed E-state index contributed by atoms with van der Waals surface area (Å²) in [6.45, 7) is 5.43. The Balaban J connectivity index is 1.25. The van der Waals surface area contributed by atoms with Crippen LogP contribution >= 0.6 is 0 Å². The molecular formula is C22H29N5O2. The Kier molecular flexibility index (Phi) is 6.24. The summed E-state index contributed by atoms with van der Waals surface area (Å²) in [5, 5.41) is 3.08. The van der Waals surface area contributed by atoms with Crippen LogP contribution in [0.25, 0.3) is 0 Å². The number of rotatable bonds is 8. The van der Waals surface area contributed by atoms with E-state index in [9.17, 15) is 4.79 Å². The number of carbonyl (C=O) groups excluding carboxylic acids is 1. The van der Waals surface area contributed by atoms with Gasteiger partial charge in [0, 0.05) is 38.8 Å². The Morgan fingerprint density at radius 2 is 2.07 bits per heavy atom. The molecule has 2 aliphatic heterocycles. The van der Waals surface area contributed by atoms with Gasteiger partial charge in [-0.1, -0.05) is 12.1 Å². The quantitative estimate of drug-likeness (QED) is 0.734. The summed E-state index contributed by atoms with van der Waals surface area (Å²) in [7, 11) is 1.67. The summed E-state index contributed by atoms with van der Waals surface area (Å²) >= 11 is 0. The van der Waals surface area contributed by atoms with Crippen LogP contribution in [0, 0.1) is 5.92 Å². The Morgan fingerprint density at radius 1 is 1.24 bits per heavy atom. The Hall–Kier alpha value is -2.67. The fourth-order valence-electron chi connectivity index (χ4n) is 3.94. The van der Waals surface area contributed by atoms with E-state index in [2.05, 4.69) is 26.2 Å². The number of methoxy groups -OCH3 is 1. The SMILES string of the molecule is COc1cccc(Cc2cncc(N3CC(C(=O)NCCN4CCCC4)C3)n2)c1. The third-order valence-corrected chi connectivity index (χ3v) is 5.69. The van der Waals surface area contributed by atoms with E-state index in [0.29, 0.717) is 19.5 Å². The summed E-state index contributed by atoms with van der Waals surface area (Å²) in [5.74, 6) is 1.87. The van der Waals surface area contributed by atoms with Gasteiger partial charge in [0.05, 0.1) is 24.9 Å². The second-order valence-electron chi connectivity index (χ2n) is 7.84. The molecule has 7 heteroatoms. The zero-order valence-corrected chi connectivity index (χ0v) is 17.0. The number of carbonyl (C=O) groups is 1. The number of ether oxygens (including phenoxy) is 1. The Labute approximate surface area is 172 Å². The first-order chi connectivity index (χ1) is 14.2. The van der Waals surface area contributed by atoms with E-state index in [1.54, 1.807) is 19.5 Å². The third-order valence-electron chi connectivity index (χ3n) is 5.69. The first-order valence-corrected chi connectivity index (χ1v) is 10.4. The molecular weight excluding hydrogens is 366 g/mol. The van der Waals surface area contributed by atoms with Crippen molar-refractivity contribution in [3.05, 3.63) is 47.9 Å². The lowest BCUT2D eigenvalue weighted by molar-refractivity contribution is -0.125. The zero-order valence-electron chi connectivity index (χ0n) is 17.0. The van der Waals surface area contributed by atoms with Gasteiger partial charge in [-0.3, -0.25) is 9.78 Å². The van der Waals surface area contributed by atoms with Gasteiger partial charge in [0.15, 0.2) is 0 Å². The summed E-state index contributed by atoms with van der Waals surface area (Å²) in [4.78, 5) is 26.0. The average molecular weight is 396 g/mol. The molecule has 0 atom stereocenters. The fourth-order valence-corrected chi connectivity index (χ4v) is 3.94. The topological polar surface area (TPSA) is 70.6 Å². The monoisotopic (exact) mass is 395 g/mol. The van der Waals surface area contributed by atoms with Crippen LogP contribution in [-0.2, 0) is 11.2 Å². The molecule has 1 N–H and O–H groups in total. The van der Waals surface area contributed by atoms with Gasteiger partial charge >= 0.3 is 0 Å². The first kappa shape index (κ1) is 19.6. The largest absolute Gasteiger partial charge is 0.497 e.